The van der Waals surface area contributed by atoms with E-state index < -0.39 is 0 Å². The maximum absolute atomic E-state index is 5.25. The predicted octanol–water partition coefficient (Wildman–Crippen LogP) is 2.57. The average molecular weight is 214 g/mol. The van der Waals surface area contributed by atoms with Crippen LogP contribution < -0.4 is 9.47 Å². The molecule has 0 fully saturated rings. The molecular weight excluding hydrogens is 202 g/mol. The van der Waals surface area contributed by atoms with Crippen LogP contribution in [-0.4, -0.2) is 19.2 Å². The second kappa shape index (κ2) is 4.66. The van der Waals surface area contributed by atoms with E-state index in [0.717, 1.165) is 16.9 Å². The molecule has 81 valence electrons. The van der Waals surface area contributed by atoms with Crippen LogP contribution in [0.4, 0.5) is 0 Å². The van der Waals surface area contributed by atoms with Crippen molar-refractivity contribution in [3.63, 3.8) is 0 Å². The number of rotatable bonds is 3. The van der Waals surface area contributed by atoms with E-state index in [0.29, 0.717) is 5.75 Å². The lowest BCUT2D eigenvalue weighted by molar-refractivity contribution is 0.355. The molecule has 0 aliphatic carbocycles. The topological polar surface area (TPSA) is 31.4 Å². The van der Waals surface area contributed by atoms with Crippen LogP contribution in [-0.2, 0) is 0 Å². The summed E-state index contributed by atoms with van der Waals surface area (Å²) in [5, 5.41) is 0. The fraction of sp³-hybridized carbons (Fsp3) is 0.154. The van der Waals surface area contributed by atoms with Crippen molar-refractivity contribution in [3.8, 4) is 22.6 Å². The van der Waals surface area contributed by atoms with Crippen molar-refractivity contribution in [2.24, 2.45) is 0 Å². The van der Waals surface area contributed by atoms with E-state index in [1.165, 1.54) is 0 Å². The van der Waals surface area contributed by atoms with Crippen molar-refractivity contribution in [3.05, 3.63) is 42.7 Å². The summed E-state index contributed by atoms with van der Waals surface area (Å²) in [6, 6.07) is 9.51. The molecule has 3 nitrogen and oxygen atoms in total. The van der Waals surface area contributed by atoms with Crippen molar-refractivity contribution in [1.29, 1.82) is 0 Å². The summed E-state index contributed by atoms with van der Waals surface area (Å²) in [6.07, 6.45) is 4.51. The fourth-order valence-electron chi connectivity index (χ4n) is 1.51. The molecular formula is C13H12NO2. The summed E-state index contributed by atoms with van der Waals surface area (Å²) in [5.74, 6) is 1.44. The van der Waals surface area contributed by atoms with Crippen LogP contribution in [0.25, 0.3) is 11.1 Å². The van der Waals surface area contributed by atoms with Gasteiger partial charge in [-0.2, -0.15) is 0 Å². The third-order valence-corrected chi connectivity index (χ3v) is 2.33. The van der Waals surface area contributed by atoms with Gasteiger partial charge in [-0.15, -0.1) is 0 Å². The molecule has 1 heterocycles. The molecule has 2 rings (SSSR count). The molecule has 2 aromatic rings. The Labute approximate surface area is 94.7 Å². The van der Waals surface area contributed by atoms with Crippen LogP contribution in [0.3, 0.4) is 0 Å². The minimum Gasteiger partial charge on any atom is -0.493 e. The highest BCUT2D eigenvalue weighted by atomic mass is 16.5. The Morgan fingerprint density at radius 2 is 1.81 bits per heavy atom. The molecule has 3 heteroatoms. The Bertz CT molecular complexity index is 469. The first-order chi connectivity index (χ1) is 7.85. The van der Waals surface area contributed by atoms with E-state index in [9.17, 15) is 0 Å². The lowest BCUT2D eigenvalue weighted by atomic mass is 10.1. The predicted molar refractivity (Wildman–Crippen MR) is 61.6 cm³/mol. The molecule has 0 saturated carbocycles. The van der Waals surface area contributed by atoms with Gasteiger partial charge >= 0.3 is 0 Å². The largest absolute Gasteiger partial charge is 0.493 e. The summed E-state index contributed by atoms with van der Waals surface area (Å²) in [4.78, 5) is 3.96. The monoisotopic (exact) mass is 214 g/mol. The van der Waals surface area contributed by atoms with Crippen LogP contribution in [0.15, 0.2) is 36.5 Å². The first-order valence-electron chi connectivity index (χ1n) is 4.89. The van der Waals surface area contributed by atoms with E-state index in [-0.39, 0.29) is 0 Å². The van der Waals surface area contributed by atoms with E-state index >= 15 is 0 Å². The lowest BCUT2D eigenvalue weighted by Crippen LogP contribution is -1.90. The highest BCUT2D eigenvalue weighted by Gasteiger charge is 2.05. The van der Waals surface area contributed by atoms with E-state index in [1.54, 1.807) is 26.5 Å². The van der Waals surface area contributed by atoms with E-state index in [1.807, 2.05) is 24.3 Å². The van der Waals surface area contributed by atoms with Crippen molar-refractivity contribution < 1.29 is 9.47 Å². The van der Waals surface area contributed by atoms with Gasteiger partial charge in [0.05, 0.1) is 20.4 Å². The SMILES string of the molecule is COc1ccc(-c2cc[c]nc2)cc1OC. The smallest absolute Gasteiger partial charge is 0.161 e. The van der Waals surface area contributed by atoms with Gasteiger partial charge in [0.1, 0.15) is 0 Å². The molecule has 0 unspecified atom stereocenters. The lowest BCUT2D eigenvalue weighted by Gasteiger charge is -2.09. The molecule has 0 saturated heterocycles. The minimum absolute atomic E-state index is 0.716. The number of benzene rings is 1. The van der Waals surface area contributed by atoms with Crippen molar-refractivity contribution in [2.75, 3.05) is 14.2 Å². The summed E-state index contributed by atoms with van der Waals surface area (Å²) in [7, 11) is 3.25. The standard InChI is InChI=1S/C13H12NO2/c1-15-12-6-5-10(8-13(12)16-2)11-4-3-7-14-9-11/h3-6,8-9H,1-2H3. The van der Waals surface area contributed by atoms with Crippen molar-refractivity contribution in [2.45, 2.75) is 0 Å². The number of aromatic nitrogens is 1. The highest BCUT2D eigenvalue weighted by Crippen LogP contribution is 2.31. The zero-order chi connectivity index (χ0) is 11.4. The molecule has 1 radical (unpaired) electrons. The van der Waals surface area contributed by atoms with Gasteiger partial charge in [-0.1, -0.05) is 12.1 Å². The summed E-state index contributed by atoms with van der Waals surface area (Å²) in [6.45, 7) is 0. The van der Waals surface area contributed by atoms with Gasteiger partial charge in [-0.05, 0) is 23.8 Å². The number of pyridine rings is 1. The van der Waals surface area contributed by atoms with Gasteiger partial charge < -0.3 is 9.47 Å². The summed E-state index contributed by atoms with van der Waals surface area (Å²) < 4.78 is 10.4. The Hall–Kier alpha value is -2.03. The highest BCUT2D eigenvalue weighted by molar-refractivity contribution is 5.66. The Morgan fingerprint density at radius 1 is 1.00 bits per heavy atom. The molecule has 0 N–H and O–H groups in total. The van der Waals surface area contributed by atoms with Crippen LogP contribution >= 0.6 is 0 Å². The Kier molecular flexibility index (Phi) is 3.05. The summed E-state index contributed by atoms with van der Waals surface area (Å²) in [5.41, 5.74) is 2.07. The molecule has 1 aromatic heterocycles. The normalized spacial score (nSPS) is 9.88. The van der Waals surface area contributed by atoms with E-state index in [4.69, 9.17) is 9.47 Å². The maximum Gasteiger partial charge on any atom is 0.161 e. The molecule has 0 spiro atoms. The first-order valence-corrected chi connectivity index (χ1v) is 4.89. The Morgan fingerprint density at radius 3 is 2.44 bits per heavy atom. The summed E-state index contributed by atoms with van der Waals surface area (Å²) >= 11 is 0. The molecule has 0 aliphatic heterocycles. The third-order valence-electron chi connectivity index (χ3n) is 2.33. The molecule has 0 atom stereocenters. The van der Waals surface area contributed by atoms with Gasteiger partial charge in [0.2, 0.25) is 0 Å². The molecule has 0 bridgehead atoms. The molecule has 0 amide bonds. The van der Waals surface area contributed by atoms with Gasteiger partial charge in [-0.25, -0.2) is 0 Å². The van der Waals surface area contributed by atoms with Crippen LogP contribution in [0.5, 0.6) is 11.5 Å². The van der Waals surface area contributed by atoms with Crippen LogP contribution in [0, 0.1) is 6.20 Å². The number of nitrogens with zero attached hydrogens (tertiary/aromatic N) is 1. The zero-order valence-corrected chi connectivity index (χ0v) is 9.23. The molecule has 1 aromatic carbocycles. The number of methoxy groups -OCH3 is 2. The third kappa shape index (κ3) is 1.98. The number of ether oxygens (including phenoxy) is 2. The molecule has 0 aliphatic rings. The van der Waals surface area contributed by atoms with Crippen molar-refractivity contribution >= 4 is 0 Å². The maximum atomic E-state index is 5.25. The minimum atomic E-state index is 0.716. The van der Waals surface area contributed by atoms with Gasteiger partial charge in [-0.3, -0.25) is 4.98 Å². The van der Waals surface area contributed by atoms with Gasteiger partial charge in [0.15, 0.2) is 11.5 Å². The van der Waals surface area contributed by atoms with Crippen LogP contribution in [0.1, 0.15) is 0 Å². The zero-order valence-electron chi connectivity index (χ0n) is 9.23. The second-order valence-electron chi connectivity index (χ2n) is 3.25. The van der Waals surface area contributed by atoms with Gasteiger partial charge in [0.25, 0.3) is 0 Å². The quantitative estimate of drug-likeness (QED) is 0.786. The van der Waals surface area contributed by atoms with Crippen molar-refractivity contribution in [1.82, 2.24) is 4.98 Å². The average Bonchev–Trinajstić information content (AvgIpc) is 2.39. The molecule has 16 heavy (non-hydrogen) atoms. The van der Waals surface area contributed by atoms with E-state index in [2.05, 4.69) is 11.2 Å². The number of hydrogen-bond donors (Lipinski definition) is 0. The number of hydrogen-bond acceptors (Lipinski definition) is 3. The first kappa shape index (κ1) is 10.5. The Balaban J connectivity index is 2.44. The fourth-order valence-corrected chi connectivity index (χ4v) is 1.51. The van der Waals surface area contributed by atoms with Gasteiger partial charge in [0, 0.05) is 11.8 Å². The van der Waals surface area contributed by atoms with Crippen LogP contribution in [0.2, 0.25) is 0 Å². The second-order valence-corrected chi connectivity index (χ2v) is 3.25.